The first-order chi connectivity index (χ1) is 11.6. The third-order valence-corrected chi connectivity index (χ3v) is 3.65. The van der Waals surface area contributed by atoms with Crippen molar-refractivity contribution in [3.05, 3.63) is 65.7 Å². The van der Waals surface area contributed by atoms with Gasteiger partial charge >= 0.3 is 0 Å². The van der Waals surface area contributed by atoms with Crippen molar-refractivity contribution in [2.75, 3.05) is 13.7 Å². The van der Waals surface area contributed by atoms with Gasteiger partial charge in [-0.05, 0) is 29.7 Å². The average molecular weight is 326 g/mol. The largest absolute Gasteiger partial charge is 0.484 e. The van der Waals surface area contributed by atoms with Gasteiger partial charge in [0.2, 0.25) is 5.91 Å². The summed E-state index contributed by atoms with van der Waals surface area (Å²) in [6.45, 7) is 1.93. The van der Waals surface area contributed by atoms with Crippen molar-refractivity contribution in [1.29, 1.82) is 0 Å². The molecule has 2 amide bonds. The standard InChI is InChI=1S/C19H22N2O3/c1-3-14-9-11-16(12-10-14)24-13-17(22)21-18(19(23)20-2)15-7-5-4-6-8-15/h4-12,18H,3,13H2,1-2H3,(H,20,23)(H,21,22)/t18-/m1/s1. The van der Waals surface area contributed by atoms with Gasteiger partial charge in [-0.1, -0.05) is 49.4 Å². The highest BCUT2D eigenvalue weighted by atomic mass is 16.5. The molecule has 5 heteroatoms. The fourth-order valence-corrected chi connectivity index (χ4v) is 2.26. The number of ether oxygens (including phenoxy) is 1. The predicted molar refractivity (Wildman–Crippen MR) is 92.7 cm³/mol. The first-order valence-corrected chi connectivity index (χ1v) is 7.91. The van der Waals surface area contributed by atoms with Crippen LogP contribution in [0, 0.1) is 0 Å². The molecule has 5 nitrogen and oxygen atoms in total. The van der Waals surface area contributed by atoms with E-state index in [4.69, 9.17) is 4.74 Å². The second kappa shape index (κ2) is 8.72. The number of carbonyl (C=O) groups excluding carboxylic acids is 2. The summed E-state index contributed by atoms with van der Waals surface area (Å²) in [7, 11) is 1.54. The van der Waals surface area contributed by atoms with Crippen LogP contribution >= 0.6 is 0 Å². The zero-order valence-corrected chi connectivity index (χ0v) is 13.9. The molecule has 0 bridgehead atoms. The second-order valence-corrected chi connectivity index (χ2v) is 5.31. The summed E-state index contributed by atoms with van der Waals surface area (Å²) in [5, 5.41) is 5.26. The number of benzene rings is 2. The molecule has 0 aliphatic carbocycles. The van der Waals surface area contributed by atoms with E-state index in [0.29, 0.717) is 5.75 Å². The minimum absolute atomic E-state index is 0.147. The van der Waals surface area contributed by atoms with Crippen LogP contribution in [0.2, 0.25) is 0 Å². The van der Waals surface area contributed by atoms with E-state index in [1.807, 2.05) is 42.5 Å². The van der Waals surface area contributed by atoms with Gasteiger partial charge in [0.1, 0.15) is 11.8 Å². The number of amides is 2. The summed E-state index contributed by atoms with van der Waals surface area (Å²) < 4.78 is 5.47. The summed E-state index contributed by atoms with van der Waals surface area (Å²) in [4.78, 5) is 24.2. The van der Waals surface area contributed by atoms with Crippen LogP contribution in [0.15, 0.2) is 54.6 Å². The highest BCUT2D eigenvalue weighted by Crippen LogP contribution is 2.14. The Labute approximate surface area is 142 Å². The van der Waals surface area contributed by atoms with Gasteiger partial charge in [0.25, 0.3) is 5.91 Å². The Bertz CT molecular complexity index is 669. The average Bonchev–Trinajstić information content (AvgIpc) is 2.65. The zero-order valence-electron chi connectivity index (χ0n) is 13.9. The van der Waals surface area contributed by atoms with Gasteiger partial charge in [-0.25, -0.2) is 0 Å². The molecule has 0 aliphatic heterocycles. The number of aryl methyl sites for hydroxylation is 1. The van der Waals surface area contributed by atoms with E-state index in [9.17, 15) is 9.59 Å². The molecule has 2 aromatic rings. The Balaban J connectivity index is 1.96. The Morgan fingerprint density at radius 1 is 1.04 bits per heavy atom. The SMILES string of the molecule is CCc1ccc(OCC(=O)N[C@@H](C(=O)NC)c2ccccc2)cc1. The van der Waals surface area contributed by atoms with Crippen molar-refractivity contribution >= 4 is 11.8 Å². The molecule has 0 saturated carbocycles. The van der Waals surface area contributed by atoms with Gasteiger partial charge in [0.05, 0.1) is 0 Å². The third kappa shape index (κ3) is 4.84. The van der Waals surface area contributed by atoms with Gasteiger partial charge in [0.15, 0.2) is 6.61 Å². The number of hydrogen-bond acceptors (Lipinski definition) is 3. The number of nitrogens with one attached hydrogen (secondary N) is 2. The smallest absolute Gasteiger partial charge is 0.258 e. The molecule has 0 spiro atoms. The predicted octanol–water partition coefficient (Wildman–Crippen LogP) is 2.23. The van der Waals surface area contributed by atoms with Crippen molar-refractivity contribution in [2.24, 2.45) is 0 Å². The summed E-state index contributed by atoms with van der Waals surface area (Å²) in [5.41, 5.74) is 1.92. The minimum Gasteiger partial charge on any atom is -0.484 e. The van der Waals surface area contributed by atoms with Crippen molar-refractivity contribution in [2.45, 2.75) is 19.4 Å². The molecular weight excluding hydrogens is 304 g/mol. The van der Waals surface area contributed by atoms with Gasteiger partial charge in [-0.2, -0.15) is 0 Å². The molecule has 2 rings (SSSR count). The Morgan fingerprint density at radius 3 is 2.29 bits per heavy atom. The van der Waals surface area contributed by atoms with Gasteiger partial charge < -0.3 is 15.4 Å². The Morgan fingerprint density at radius 2 is 1.71 bits per heavy atom. The van der Waals surface area contributed by atoms with Crippen LogP contribution in [0.4, 0.5) is 0 Å². The number of likely N-dealkylation sites (N-methyl/N-ethyl adjacent to an activating group) is 1. The normalized spacial score (nSPS) is 11.4. The summed E-state index contributed by atoms with van der Waals surface area (Å²) in [6.07, 6.45) is 0.950. The molecule has 0 fully saturated rings. The quantitative estimate of drug-likeness (QED) is 0.820. The van der Waals surface area contributed by atoms with E-state index < -0.39 is 6.04 Å². The molecule has 24 heavy (non-hydrogen) atoms. The molecule has 2 aromatic carbocycles. The molecule has 1 atom stereocenters. The molecule has 0 aromatic heterocycles. The number of hydrogen-bond donors (Lipinski definition) is 2. The van der Waals surface area contributed by atoms with Crippen LogP contribution in [0.5, 0.6) is 5.75 Å². The first-order valence-electron chi connectivity index (χ1n) is 7.91. The van der Waals surface area contributed by atoms with Crippen LogP contribution in [0.25, 0.3) is 0 Å². The lowest BCUT2D eigenvalue weighted by molar-refractivity contribution is -0.129. The van der Waals surface area contributed by atoms with E-state index in [0.717, 1.165) is 12.0 Å². The molecule has 0 unspecified atom stereocenters. The maximum Gasteiger partial charge on any atom is 0.258 e. The van der Waals surface area contributed by atoms with Crippen molar-refractivity contribution in [3.63, 3.8) is 0 Å². The second-order valence-electron chi connectivity index (χ2n) is 5.31. The van der Waals surface area contributed by atoms with Crippen LogP contribution < -0.4 is 15.4 Å². The fourth-order valence-electron chi connectivity index (χ4n) is 2.26. The van der Waals surface area contributed by atoms with E-state index in [1.165, 1.54) is 12.6 Å². The maximum atomic E-state index is 12.1. The lowest BCUT2D eigenvalue weighted by Gasteiger charge is -2.18. The highest BCUT2D eigenvalue weighted by Gasteiger charge is 2.21. The lowest BCUT2D eigenvalue weighted by atomic mass is 10.1. The third-order valence-electron chi connectivity index (χ3n) is 3.65. The van der Waals surface area contributed by atoms with E-state index in [1.54, 1.807) is 12.1 Å². The Hall–Kier alpha value is -2.82. The van der Waals surface area contributed by atoms with E-state index >= 15 is 0 Å². The highest BCUT2D eigenvalue weighted by molar-refractivity contribution is 5.88. The first kappa shape index (κ1) is 17.5. The molecule has 2 N–H and O–H groups in total. The fraction of sp³-hybridized carbons (Fsp3) is 0.263. The van der Waals surface area contributed by atoms with Crippen molar-refractivity contribution < 1.29 is 14.3 Å². The van der Waals surface area contributed by atoms with Crippen molar-refractivity contribution in [1.82, 2.24) is 10.6 Å². The molecule has 0 saturated heterocycles. The zero-order chi connectivity index (χ0) is 17.4. The van der Waals surface area contributed by atoms with Crippen molar-refractivity contribution in [3.8, 4) is 5.75 Å². The van der Waals surface area contributed by atoms with Gasteiger partial charge in [-0.3, -0.25) is 9.59 Å². The Kier molecular flexibility index (Phi) is 6.37. The van der Waals surface area contributed by atoms with Gasteiger partial charge in [-0.15, -0.1) is 0 Å². The summed E-state index contributed by atoms with van der Waals surface area (Å²) in [5.74, 6) is -0.00701. The minimum atomic E-state index is -0.741. The van der Waals surface area contributed by atoms with Crippen LogP contribution in [0.1, 0.15) is 24.1 Å². The van der Waals surface area contributed by atoms with Crippen LogP contribution in [-0.2, 0) is 16.0 Å². The molecule has 126 valence electrons. The van der Waals surface area contributed by atoms with Gasteiger partial charge in [0, 0.05) is 7.05 Å². The molecule has 0 radical (unpaired) electrons. The number of carbonyl (C=O) groups is 2. The maximum absolute atomic E-state index is 12.1. The van der Waals surface area contributed by atoms with E-state index in [2.05, 4.69) is 17.6 Å². The van der Waals surface area contributed by atoms with Crippen LogP contribution in [0.3, 0.4) is 0 Å². The van der Waals surface area contributed by atoms with Crippen LogP contribution in [-0.4, -0.2) is 25.5 Å². The lowest BCUT2D eigenvalue weighted by Crippen LogP contribution is -2.40. The topological polar surface area (TPSA) is 67.4 Å². The van der Waals surface area contributed by atoms with E-state index in [-0.39, 0.29) is 18.4 Å². The monoisotopic (exact) mass is 326 g/mol. The summed E-state index contributed by atoms with van der Waals surface area (Å²) in [6, 6.07) is 15.9. The molecule has 0 heterocycles. The molecular formula is C19H22N2O3. The summed E-state index contributed by atoms with van der Waals surface area (Å²) >= 11 is 0. The molecule has 0 aliphatic rings. The number of rotatable bonds is 7.